The Morgan fingerprint density at radius 3 is 2.95 bits per heavy atom. The first-order chi connectivity index (χ1) is 10.6. The van der Waals surface area contributed by atoms with Gasteiger partial charge >= 0.3 is 0 Å². The minimum absolute atomic E-state index is 0.179. The van der Waals surface area contributed by atoms with Crippen molar-refractivity contribution in [3.63, 3.8) is 0 Å². The number of fused-ring (bicyclic) bond motifs is 1. The minimum atomic E-state index is -2.88. The van der Waals surface area contributed by atoms with Crippen LogP contribution in [0.2, 0.25) is 0 Å². The second-order valence-corrected chi connectivity index (χ2v) is 4.22. The van der Waals surface area contributed by atoms with Gasteiger partial charge < -0.3 is 10.6 Å². The number of piperidine rings is 1. The van der Waals surface area contributed by atoms with E-state index in [1.165, 1.54) is 6.07 Å². The second kappa shape index (κ2) is 4.08. The molecule has 6 heteroatoms. The molecular formula is C13H13N3O3. The van der Waals surface area contributed by atoms with Crippen molar-refractivity contribution in [2.45, 2.75) is 25.3 Å². The fourth-order valence-corrected chi connectivity index (χ4v) is 2.14. The van der Waals surface area contributed by atoms with Gasteiger partial charge in [-0.1, -0.05) is 6.07 Å². The Morgan fingerprint density at radius 2 is 2.21 bits per heavy atom. The molecule has 0 spiro atoms. The fourth-order valence-electron chi connectivity index (χ4n) is 2.14. The zero-order valence-corrected chi connectivity index (χ0v) is 9.77. The second-order valence-electron chi connectivity index (χ2n) is 4.22. The number of nitrogen functional groups attached to an aromatic ring is 1. The number of nitrogens with one attached hydrogen (secondary N) is 1. The molecule has 0 aromatic heterocycles. The zero-order chi connectivity index (χ0) is 17.2. The number of carbonyl (C=O) groups is 3. The van der Waals surface area contributed by atoms with E-state index in [1.54, 1.807) is 17.4 Å². The van der Waals surface area contributed by atoms with E-state index >= 15 is 0 Å². The maximum atomic E-state index is 12.5. The molecule has 0 aliphatic carbocycles. The predicted molar refractivity (Wildman–Crippen MR) is 66.9 cm³/mol. The van der Waals surface area contributed by atoms with E-state index < -0.39 is 36.5 Å². The van der Waals surface area contributed by atoms with Gasteiger partial charge in [-0.25, -0.2) is 0 Å². The van der Waals surface area contributed by atoms with Crippen molar-refractivity contribution in [3.8, 4) is 0 Å². The van der Waals surface area contributed by atoms with Crippen LogP contribution in [-0.4, -0.2) is 28.6 Å². The number of benzene rings is 1. The number of nitrogens with zero attached hydrogens (tertiary/aromatic N) is 1. The van der Waals surface area contributed by atoms with Crippen LogP contribution in [0.15, 0.2) is 18.2 Å². The minimum Gasteiger partial charge on any atom is -0.398 e. The first kappa shape index (κ1) is 7.93. The summed E-state index contributed by atoms with van der Waals surface area (Å²) in [5.74, 6) is -3.13. The Bertz CT molecular complexity index is 754. The Morgan fingerprint density at radius 1 is 1.42 bits per heavy atom. The summed E-state index contributed by atoms with van der Waals surface area (Å²) in [7, 11) is 0. The van der Waals surface area contributed by atoms with Gasteiger partial charge in [0.15, 0.2) is 0 Å². The summed E-state index contributed by atoms with van der Waals surface area (Å²) in [4.78, 5) is 37.0. The monoisotopic (exact) mass is 263 g/mol. The number of nitrogens with two attached hydrogens (primary N) is 1. The van der Waals surface area contributed by atoms with Crippen LogP contribution < -0.4 is 11.1 Å². The highest BCUT2D eigenvalue weighted by Gasteiger charge is 2.39. The van der Waals surface area contributed by atoms with E-state index in [9.17, 15) is 14.4 Å². The van der Waals surface area contributed by atoms with Crippen LogP contribution in [0.25, 0.3) is 0 Å². The molecule has 0 bridgehead atoms. The Hall–Kier alpha value is -2.37. The van der Waals surface area contributed by atoms with Crippen LogP contribution in [0.5, 0.6) is 0 Å². The molecule has 3 N–H and O–H groups in total. The third-order valence-corrected chi connectivity index (χ3v) is 3.07. The summed E-state index contributed by atoms with van der Waals surface area (Å²) in [6.45, 7) is -0.238. The van der Waals surface area contributed by atoms with Gasteiger partial charge in [0.1, 0.15) is 6.02 Å². The summed E-state index contributed by atoms with van der Waals surface area (Å²) >= 11 is 0. The molecule has 98 valence electrons. The summed E-state index contributed by atoms with van der Waals surface area (Å²) in [6.07, 6.45) is -4.88. The number of hydrogen-bond donors (Lipinski definition) is 2. The number of amides is 3. The molecule has 0 saturated carbocycles. The van der Waals surface area contributed by atoms with Crippen molar-refractivity contribution in [1.82, 2.24) is 10.2 Å². The molecule has 3 rings (SSSR count). The molecule has 2 aliphatic rings. The molecule has 1 aromatic carbocycles. The van der Waals surface area contributed by atoms with Gasteiger partial charge in [-0.3, -0.25) is 19.7 Å². The number of anilines is 1. The molecule has 1 unspecified atom stereocenters. The van der Waals surface area contributed by atoms with Gasteiger partial charge in [-0.05, 0) is 18.5 Å². The highest BCUT2D eigenvalue weighted by atomic mass is 16.2. The molecule has 6 nitrogen and oxygen atoms in total. The standard InChI is InChI=1S/C13H13N3O3/c14-9-3-1-2-7-8(9)6-16(13(7)19)10-4-5-11(17)15-12(10)18/h1-3,10H,4-6,14H2,(H,15,17,18)/t10-/m0/s1/i4D2,5D,10D/t5?,10-. The van der Waals surface area contributed by atoms with Gasteiger partial charge in [-0.15, -0.1) is 0 Å². The number of rotatable bonds is 1. The normalized spacial score (nSPS) is 35.9. The quantitative estimate of drug-likeness (QED) is 0.552. The van der Waals surface area contributed by atoms with E-state index in [0.717, 1.165) is 4.90 Å². The van der Waals surface area contributed by atoms with Crippen LogP contribution in [0.3, 0.4) is 0 Å². The predicted octanol–water partition coefficient (Wildman–Crippen LogP) is 0.0298. The Balaban J connectivity index is 2.11. The van der Waals surface area contributed by atoms with Crippen molar-refractivity contribution >= 4 is 23.4 Å². The first-order valence-electron chi connectivity index (χ1n) is 7.67. The van der Waals surface area contributed by atoms with Crippen molar-refractivity contribution in [2.24, 2.45) is 0 Å². The highest BCUT2D eigenvalue weighted by Crippen LogP contribution is 2.30. The van der Waals surface area contributed by atoms with Crippen molar-refractivity contribution in [2.75, 3.05) is 5.73 Å². The lowest BCUT2D eigenvalue weighted by atomic mass is 10.0. The molecule has 3 amide bonds. The van der Waals surface area contributed by atoms with Gasteiger partial charge in [-0.2, -0.15) is 0 Å². The first-order valence-corrected chi connectivity index (χ1v) is 5.59. The van der Waals surface area contributed by atoms with Crippen LogP contribution in [0.4, 0.5) is 5.69 Å². The molecule has 19 heavy (non-hydrogen) atoms. The maximum Gasteiger partial charge on any atom is 0.255 e. The van der Waals surface area contributed by atoms with Crippen LogP contribution >= 0.6 is 0 Å². The number of carbonyl (C=O) groups excluding carboxylic acids is 3. The fraction of sp³-hybridized carbons (Fsp3) is 0.308. The third-order valence-electron chi connectivity index (χ3n) is 3.07. The van der Waals surface area contributed by atoms with Gasteiger partial charge in [0.2, 0.25) is 11.8 Å². The van der Waals surface area contributed by atoms with Gasteiger partial charge in [0, 0.05) is 33.9 Å². The van der Waals surface area contributed by atoms with Crippen LogP contribution in [0.1, 0.15) is 34.2 Å². The summed E-state index contributed by atoms with van der Waals surface area (Å²) < 4.78 is 31.9. The lowest BCUT2D eigenvalue weighted by Gasteiger charge is -2.29. The summed E-state index contributed by atoms with van der Waals surface area (Å²) in [5, 5.41) is 1.80. The van der Waals surface area contributed by atoms with Gasteiger partial charge in [0.25, 0.3) is 5.91 Å². The van der Waals surface area contributed by atoms with E-state index in [2.05, 4.69) is 0 Å². The third kappa shape index (κ3) is 1.76. The molecule has 0 radical (unpaired) electrons. The average Bonchev–Trinajstić information content (AvgIpc) is 2.83. The van der Waals surface area contributed by atoms with Crippen molar-refractivity contribution in [3.05, 3.63) is 29.3 Å². The number of hydrogen-bond acceptors (Lipinski definition) is 4. The average molecular weight is 263 g/mol. The van der Waals surface area contributed by atoms with Crippen molar-refractivity contribution < 1.29 is 19.9 Å². The molecular weight excluding hydrogens is 246 g/mol. The SMILES string of the molecule is [2H]C1C(=O)NC(=O)[C@@]([2H])(N2Cc3c(N)cccc3C2=O)C1([2H])[2H]. The molecule has 2 heterocycles. The molecule has 1 fully saturated rings. The highest BCUT2D eigenvalue weighted by molar-refractivity contribution is 6.06. The van der Waals surface area contributed by atoms with E-state index in [0.29, 0.717) is 5.56 Å². The molecule has 1 saturated heterocycles. The Labute approximate surface area is 115 Å². The largest absolute Gasteiger partial charge is 0.398 e. The Kier molecular flexibility index (Phi) is 1.70. The topological polar surface area (TPSA) is 92.5 Å². The van der Waals surface area contributed by atoms with E-state index in [1.807, 2.05) is 0 Å². The van der Waals surface area contributed by atoms with Crippen LogP contribution in [0, 0.1) is 0 Å². The lowest BCUT2D eigenvalue weighted by molar-refractivity contribution is -0.136. The smallest absolute Gasteiger partial charge is 0.255 e. The molecule has 1 aromatic rings. The zero-order valence-electron chi connectivity index (χ0n) is 13.8. The van der Waals surface area contributed by atoms with E-state index in [-0.39, 0.29) is 17.8 Å². The van der Waals surface area contributed by atoms with E-state index in [4.69, 9.17) is 11.2 Å². The van der Waals surface area contributed by atoms with Crippen molar-refractivity contribution in [1.29, 1.82) is 0 Å². The molecule has 2 aliphatic heterocycles. The lowest BCUT2D eigenvalue weighted by Crippen LogP contribution is -2.52. The summed E-state index contributed by atoms with van der Waals surface area (Å²) in [6, 6.07) is 1.82. The number of imide groups is 1. The van der Waals surface area contributed by atoms with Crippen LogP contribution in [-0.2, 0) is 16.1 Å². The van der Waals surface area contributed by atoms with Gasteiger partial charge in [0.05, 0.1) is 1.37 Å². The summed E-state index contributed by atoms with van der Waals surface area (Å²) in [5.41, 5.74) is 6.66. The maximum absolute atomic E-state index is 12.5. The molecule has 2 atom stereocenters.